The van der Waals surface area contributed by atoms with Crippen LogP contribution in [0, 0.1) is 0 Å². The van der Waals surface area contributed by atoms with E-state index in [0.717, 1.165) is 16.5 Å². The molecule has 3 rings (SSSR count). The van der Waals surface area contributed by atoms with Crippen LogP contribution in [-0.2, 0) is 20.7 Å². The summed E-state index contributed by atoms with van der Waals surface area (Å²) in [4.78, 5) is 39.6. The molecule has 7 heteroatoms. The zero-order chi connectivity index (χ0) is 18.5. The van der Waals surface area contributed by atoms with Crippen LogP contribution in [0.3, 0.4) is 0 Å². The molecular formula is C19H18N2O4S. The highest BCUT2D eigenvalue weighted by atomic mass is 32.1. The van der Waals surface area contributed by atoms with Crippen molar-refractivity contribution in [1.29, 1.82) is 0 Å². The van der Waals surface area contributed by atoms with Crippen molar-refractivity contribution in [3.05, 3.63) is 58.4 Å². The minimum Gasteiger partial charge on any atom is -0.456 e. The highest BCUT2D eigenvalue weighted by Crippen LogP contribution is 2.19. The molecule has 0 saturated carbocycles. The monoisotopic (exact) mass is 370 g/mol. The van der Waals surface area contributed by atoms with Crippen molar-refractivity contribution < 1.29 is 19.1 Å². The molecule has 134 valence electrons. The molecule has 0 aliphatic rings. The summed E-state index contributed by atoms with van der Waals surface area (Å²) in [5, 5.41) is 5.37. The van der Waals surface area contributed by atoms with E-state index >= 15 is 0 Å². The Morgan fingerprint density at radius 2 is 2.00 bits per heavy atom. The van der Waals surface area contributed by atoms with Gasteiger partial charge in [0.05, 0.1) is 4.88 Å². The van der Waals surface area contributed by atoms with Gasteiger partial charge in [-0.25, -0.2) is 4.79 Å². The van der Waals surface area contributed by atoms with Gasteiger partial charge in [0.1, 0.15) is 6.04 Å². The van der Waals surface area contributed by atoms with E-state index in [1.54, 1.807) is 17.5 Å². The second-order valence-electron chi connectivity index (χ2n) is 5.82. The highest BCUT2D eigenvalue weighted by Gasteiger charge is 2.24. The second-order valence-corrected chi connectivity index (χ2v) is 6.77. The largest absolute Gasteiger partial charge is 0.456 e. The van der Waals surface area contributed by atoms with Crippen LogP contribution in [0.1, 0.15) is 22.2 Å². The topological polar surface area (TPSA) is 88.3 Å². The minimum absolute atomic E-state index is 0.262. The molecule has 1 atom stereocenters. The molecule has 0 saturated heterocycles. The van der Waals surface area contributed by atoms with E-state index in [1.165, 1.54) is 18.3 Å². The number of ketones is 1. The molecule has 0 radical (unpaired) electrons. The number of benzene rings is 1. The Hall–Kier alpha value is -2.93. The fourth-order valence-electron chi connectivity index (χ4n) is 2.70. The predicted molar refractivity (Wildman–Crippen MR) is 99.2 cm³/mol. The minimum atomic E-state index is -0.858. The Kier molecular flexibility index (Phi) is 5.48. The average Bonchev–Trinajstić information content (AvgIpc) is 3.29. The van der Waals surface area contributed by atoms with Crippen LogP contribution in [0.4, 0.5) is 0 Å². The fourth-order valence-corrected chi connectivity index (χ4v) is 3.36. The lowest BCUT2D eigenvalue weighted by molar-refractivity contribution is -0.146. The molecule has 0 fully saturated rings. The number of aromatic nitrogens is 1. The summed E-state index contributed by atoms with van der Waals surface area (Å²) in [6.07, 6.45) is 2.08. The lowest BCUT2D eigenvalue weighted by atomic mass is 10.0. The second kappa shape index (κ2) is 7.97. The molecule has 0 spiro atoms. The SMILES string of the molecule is CC(=O)NC(Cc1c[nH]c2ccccc12)C(=O)OCC(=O)c1cccs1. The van der Waals surface area contributed by atoms with Gasteiger partial charge in [-0.15, -0.1) is 11.3 Å². The van der Waals surface area contributed by atoms with E-state index in [-0.39, 0.29) is 24.7 Å². The van der Waals surface area contributed by atoms with Crippen LogP contribution in [0.2, 0.25) is 0 Å². The predicted octanol–water partition coefficient (Wildman–Crippen LogP) is 2.70. The van der Waals surface area contributed by atoms with Crippen LogP contribution < -0.4 is 5.32 Å². The molecular weight excluding hydrogens is 352 g/mol. The maximum absolute atomic E-state index is 12.4. The smallest absolute Gasteiger partial charge is 0.329 e. The number of aromatic amines is 1. The Morgan fingerprint density at radius 1 is 1.19 bits per heavy atom. The Morgan fingerprint density at radius 3 is 2.73 bits per heavy atom. The number of H-pyrrole nitrogens is 1. The number of hydrogen-bond donors (Lipinski definition) is 2. The molecule has 2 aromatic heterocycles. The summed E-state index contributed by atoms with van der Waals surface area (Å²) in [5.74, 6) is -1.23. The third-order valence-corrected chi connectivity index (χ3v) is 4.81. The maximum atomic E-state index is 12.4. The van der Waals surface area contributed by atoms with Crippen LogP contribution in [0.25, 0.3) is 10.9 Å². The first-order valence-electron chi connectivity index (χ1n) is 8.10. The van der Waals surface area contributed by atoms with Gasteiger partial charge in [0.2, 0.25) is 11.7 Å². The average molecular weight is 370 g/mol. The van der Waals surface area contributed by atoms with Crippen molar-refractivity contribution in [2.75, 3.05) is 6.61 Å². The highest BCUT2D eigenvalue weighted by molar-refractivity contribution is 7.12. The molecule has 0 aliphatic heterocycles. The summed E-state index contributed by atoms with van der Waals surface area (Å²) >= 11 is 1.29. The van der Waals surface area contributed by atoms with E-state index in [4.69, 9.17) is 4.74 Å². The van der Waals surface area contributed by atoms with Crippen LogP contribution in [0.15, 0.2) is 48.0 Å². The van der Waals surface area contributed by atoms with Gasteiger partial charge in [-0.05, 0) is 23.1 Å². The number of nitrogens with one attached hydrogen (secondary N) is 2. The Labute approximate surface area is 154 Å². The molecule has 1 amide bonds. The molecule has 0 bridgehead atoms. The molecule has 1 unspecified atom stereocenters. The summed E-state index contributed by atoms with van der Waals surface area (Å²) in [7, 11) is 0. The number of rotatable bonds is 7. The summed E-state index contributed by atoms with van der Waals surface area (Å²) in [5.41, 5.74) is 1.84. The first-order chi connectivity index (χ1) is 12.5. The summed E-state index contributed by atoms with van der Waals surface area (Å²) < 4.78 is 5.14. The maximum Gasteiger partial charge on any atom is 0.329 e. The first-order valence-corrected chi connectivity index (χ1v) is 8.98. The third kappa shape index (κ3) is 4.18. The van der Waals surface area contributed by atoms with Crippen LogP contribution >= 0.6 is 11.3 Å². The van der Waals surface area contributed by atoms with Crippen molar-refractivity contribution in [2.45, 2.75) is 19.4 Å². The van der Waals surface area contributed by atoms with Gasteiger partial charge in [0, 0.05) is 30.4 Å². The van der Waals surface area contributed by atoms with Crippen molar-refractivity contribution in [3.63, 3.8) is 0 Å². The first kappa shape index (κ1) is 17.9. The zero-order valence-electron chi connectivity index (χ0n) is 14.2. The number of para-hydroxylation sites is 1. The number of thiophene rings is 1. The van der Waals surface area contributed by atoms with Crippen LogP contribution in [0.5, 0.6) is 0 Å². The Balaban J connectivity index is 1.69. The molecule has 1 aromatic carbocycles. The third-order valence-electron chi connectivity index (χ3n) is 3.90. The van der Waals surface area contributed by atoms with Crippen molar-refractivity contribution in [2.24, 2.45) is 0 Å². The Bertz CT molecular complexity index is 930. The van der Waals surface area contributed by atoms with Gasteiger partial charge in [0.15, 0.2) is 6.61 Å². The molecule has 2 heterocycles. The van der Waals surface area contributed by atoms with Crippen molar-refractivity contribution >= 4 is 39.9 Å². The normalized spacial score (nSPS) is 11.9. The van der Waals surface area contributed by atoms with E-state index < -0.39 is 12.0 Å². The number of amides is 1. The van der Waals surface area contributed by atoms with E-state index in [0.29, 0.717) is 4.88 Å². The fraction of sp³-hybridized carbons (Fsp3) is 0.211. The standard InChI is InChI=1S/C19H18N2O4S/c1-12(22)21-16(9-13-10-20-15-6-3-2-5-14(13)15)19(24)25-11-17(23)18-7-4-8-26-18/h2-8,10,16,20H,9,11H2,1H3,(H,21,22). The van der Waals surface area contributed by atoms with E-state index in [1.807, 2.05) is 30.5 Å². The number of esters is 1. The van der Waals surface area contributed by atoms with Gasteiger partial charge in [-0.1, -0.05) is 24.3 Å². The van der Waals surface area contributed by atoms with Gasteiger partial charge in [-0.3, -0.25) is 9.59 Å². The number of Topliss-reactive ketones (excluding diaryl/α,β-unsaturated/α-hetero) is 1. The van der Waals surface area contributed by atoms with Crippen molar-refractivity contribution in [3.8, 4) is 0 Å². The van der Waals surface area contributed by atoms with Gasteiger partial charge in [0.25, 0.3) is 0 Å². The molecule has 3 aromatic rings. The van der Waals surface area contributed by atoms with E-state index in [2.05, 4.69) is 10.3 Å². The number of fused-ring (bicyclic) bond motifs is 1. The quantitative estimate of drug-likeness (QED) is 0.494. The molecule has 2 N–H and O–H groups in total. The lowest BCUT2D eigenvalue weighted by Crippen LogP contribution is -2.42. The zero-order valence-corrected chi connectivity index (χ0v) is 15.0. The van der Waals surface area contributed by atoms with E-state index in [9.17, 15) is 14.4 Å². The molecule has 6 nitrogen and oxygen atoms in total. The van der Waals surface area contributed by atoms with Crippen molar-refractivity contribution in [1.82, 2.24) is 10.3 Å². The van der Waals surface area contributed by atoms with Gasteiger partial charge in [-0.2, -0.15) is 0 Å². The molecule has 0 aliphatic carbocycles. The van der Waals surface area contributed by atoms with Gasteiger partial charge < -0.3 is 15.0 Å². The molecule has 26 heavy (non-hydrogen) atoms. The van der Waals surface area contributed by atoms with Crippen LogP contribution in [-0.4, -0.2) is 35.3 Å². The number of hydrogen-bond acceptors (Lipinski definition) is 5. The van der Waals surface area contributed by atoms with Gasteiger partial charge >= 0.3 is 5.97 Å². The number of carbonyl (C=O) groups is 3. The summed E-state index contributed by atoms with van der Waals surface area (Å²) in [6.45, 7) is 0.996. The number of ether oxygens (including phenoxy) is 1. The summed E-state index contributed by atoms with van der Waals surface area (Å²) in [6, 6.07) is 10.3. The lowest BCUT2D eigenvalue weighted by Gasteiger charge is -2.16. The number of carbonyl (C=O) groups excluding carboxylic acids is 3.